The van der Waals surface area contributed by atoms with E-state index in [0.29, 0.717) is 43.8 Å². The van der Waals surface area contributed by atoms with E-state index in [0.717, 1.165) is 30.8 Å². The molecule has 2 N–H and O–H groups in total. The number of nitrogens with one attached hydrogen (secondary N) is 1. The average Bonchev–Trinajstić information content (AvgIpc) is 2.92. The van der Waals surface area contributed by atoms with Crippen LogP contribution in [0.5, 0.6) is 11.5 Å². The van der Waals surface area contributed by atoms with Gasteiger partial charge in [0.2, 0.25) is 5.91 Å². The molecule has 1 aromatic rings. The number of amides is 1. The van der Waals surface area contributed by atoms with Gasteiger partial charge in [-0.25, -0.2) is 0 Å². The van der Waals surface area contributed by atoms with Crippen molar-refractivity contribution in [3.05, 3.63) is 23.8 Å². The van der Waals surface area contributed by atoms with Crippen molar-refractivity contribution in [2.24, 2.45) is 29.6 Å². The van der Waals surface area contributed by atoms with Crippen LogP contribution in [0, 0.1) is 29.6 Å². The standard InChI is InChI=1S/C33H57NO5/c1-23(2)28(20-26-14-17-31(38-7)32(21-26)39-19-11-18-37-6)15-16-29(35)22-30(24(3)4)33(36)34-25(5)27-12-9-8-10-13-27/h14,17,21,23-25,27-30,35H,8-13,15-16,18-20,22H2,1-7H3,(H,34,36)/t25-,28?,29-,30?/m1/s1. The summed E-state index contributed by atoms with van der Waals surface area (Å²) in [7, 11) is 3.36. The van der Waals surface area contributed by atoms with Gasteiger partial charge in [0.1, 0.15) is 0 Å². The monoisotopic (exact) mass is 547 g/mol. The van der Waals surface area contributed by atoms with Gasteiger partial charge in [0.25, 0.3) is 0 Å². The molecule has 1 aliphatic carbocycles. The van der Waals surface area contributed by atoms with Crippen molar-refractivity contribution in [2.45, 2.75) is 111 Å². The zero-order valence-electron chi connectivity index (χ0n) is 25.8. The van der Waals surface area contributed by atoms with Gasteiger partial charge < -0.3 is 24.6 Å². The van der Waals surface area contributed by atoms with Crippen molar-refractivity contribution in [1.29, 1.82) is 0 Å². The molecule has 1 aromatic carbocycles. The first-order valence-electron chi connectivity index (χ1n) is 15.4. The summed E-state index contributed by atoms with van der Waals surface area (Å²) in [5.41, 5.74) is 1.21. The molecule has 2 rings (SSSR count). The highest BCUT2D eigenvalue weighted by Gasteiger charge is 2.29. The predicted octanol–water partition coefficient (Wildman–Crippen LogP) is 6.81. The minimum absolute atomic E-state index is 0.110. The third-order valence-electron chi connectivity index (χ3n) is 8.68. The number of rotatable bonds is 18. The van der Waals surface area contributed by atoms with E-state index in [9.17, 15) is 9.90 Å². The number of hydrogen-bond donors (Lipinski definition) is 2. The van der Waals surface area contributed by atoms with Crippen LogP contribution in [-0.4, -0.2) is 50.6 Å². The topological polar surface area (TPSA) is 77.0 Å². The molecule has 1 saturated carbocycles. The van der Waals surface area contributed by atoms with E-state index in [4.69, 9.17) is 14.2 Å². The number of carbonyl (C=O) groups excluding carboxylic acids is 1. The minimum atomic E-state index is -0.482. The lowest BCUT2D eigenvalue weighted by molar-refractivity contribution is -0.128. The maximum Gasteiger partial charge on any atom is 0.223 e. The van der Waals surface area contributed by atoms with Crippen LogP contribution in [0.2, 0.25) is 0 Å². The van der Waals surface area contributed by atoms with E-state index in [1.54, 1.807) is 14.2 Å². The molecule has 0 radical (unpaired) electrons. The number of benzene rings is 1. The zero-order valence-corrected chi connectivity index (χ0v) is 25.8. The van der Waals surface area contributed by atoms with Gasteiger partial charge in [-0.1, -0.05) is 53.0 Å². The lowest BCUT2D eigenvalue weighted by Crippen LogP contribution is -2.44. The average molecular weight is 548 g/mol. The Labute approximate surface area is 238 Å². The largest absolute Gasteiger partial charge is 0.493 e. The summed E-state index contributed by atoms with van der Waals surface area (Å²) in [5.74, 6) is 3.13. The molecule has 0 bridgehead atoms. The number of aliphatic hydroxyl groups excluding tert-OH is 1. The van der Waals surface area contributed by atoms with Gasteiger partial charge in [-0.05, 0) is 86.8 Å². The Balaban J connectivity index is 1.93. The highest BCUT2D eigenvalue weighted by molar-refractivity contribution is 5.79. The van der Waals surface area contributed by atoms with E-state index in [-0.39, 0.29) is 23.8 Å². The number of ether oxygens (including phenoxy) is 3. The van der Waals surface area contributed by atoms with Crippen LogP contribution in [0.15, 0.2) is 18.2 Å². The van der Waals surface area contributed by atoms with Gasteiger partial charge in [-0.2, -0.15) is 0 Å². The third-order valence-corrected chi connectivity index (χ3v) is 8.68. The van der Waals surface area contributed by atoms with Crippen LogP contribution < -0.4 is 14.8 Å². The van der Waals surface area contributed by atoms with E-state index < -0.39 is 6.10 Å². The van der Waals surface area contributed by atoms with E-state index in [1.807, 2.05) is 6.07 Å². The smallest absolute Gasteiger partial charge is 0.223 e. The minimum Gasteiger partial charge on any atom is -0.493 e. The molecule has 6 nitrogen and oxygen atoms in total. The Hall–Kier alpha value is -1.79. The Morgan fingerprint density at radius 1 is 0.974 bits per heavy atom. The van der Waals surface area contributed by atoms with Crippen LogP contribution in [-0.2, 0) is 16.0 Å². The molecule has 0 heterocycles. The summed E-state index contributed by atoms with van der Waals surface area (Å²) in [4.78, 5) is 13.2. The Morgan fingerprint density at radius 2 is 1.69 bits per heavy atom. The van der Waals surface area contributed by atoms with Gasteiger partial charge in [-0.3, -0.25) is 4.79 Å². The normalized spacial score (nSPS) is 17.6. The number of methoxy groups -OCH3 is 2. The van der Waals surface area contributed by atoms with Gasteiger partial charge in [-0.15, -0.1) is 0 Å². The Bertz CT molecular complexity index is 820. The van der Waals surface area contributed by atoms with Gasteiger partial charge in [0.15, 0.2) is 11.5 Å². The fourth-order valence-electron chi connectivity index (χ4n) is 5.90. The Morgan fingerprint density at radius 3 is 2.31 bits per heavy atom. The number of aliphatic hydroxyl groups is 1. The lowest BCUT2D eigenvalue weighted by Gasteiger charge is -2.31. The fourth-order valence-corrected chi connectivity index (χ4v) is 5.90. The van der Waals surface area contributed by atoms with Crippen LogP contribution in [0.1, 0.15) is 98.0 Å². The molecule has 1 amide bonds. The van der Waals surface area contributed by atoms with Gasteiger partial charge in [0.05, 0.1) is 19.8 Å². The summed E-state index contributed by atoms with van der Waals surface area (Å²) < 4.78 is 16.6. The molecule has 6 heteroatoms. The van der Waals surface area contributed by atoms with Crippen molar-refractivity contribution in [1.82, 2.24) is 5.32 Å². The maximum absolute atomic E-state index is 13.2. The van der Waals surface area contributed by atoms with Crippen molar-refractivity contribution < 1.29 is 24.1 Å². The van der Waals surface area contributed by atoms with Gasteiger partial charge >= 0.3 is 0 Å². The van der Waals surface area contributed by atoms with E-state index in [1.165, 1.54) is 37.7 Å². The highest BCUT2D eigenvalue weighted by atomic mass is 16.5. The molecular weight excluding hydrogens is 490 g/mol. The van der Waals surface area contributed by atoms with Crippen LogP contribution in [0.3, 0.4) is 0 Å². The molecule has 0 saturated heterocycles. The van der Waals surface area contributed by atoms with Crippen molar-refractivity contribution in [3.8, 4) is 11.5 Å². The zero-order chi connectivity index (χ0) is 28.8. The molecular formula is C33H57NO5. The quantitative estimate of drug-likeness (QED) is 0.197. The molecule has 1 fully saturated rings. The maximum atomic E-state index is 13.2. The molecule has 0 spiro atoms. The van der Waals surface area contributed by atoms with Crippen LogP contribution in [0.25, 0.3) is 0 Å². The predicted molar refractivity (Wildman–Crippen MR) is 159 cm³/mol. The van der Waals surface area contributed by atoms with E-state index in [2.05, 4.69) is 52.1 Å². The first-order valence-corrected chi connectivity index (χ1v) is 15.4. The second kappa shape index (κ2) is 17.8. The number of hydrogen-bond acceptors (Lipinski definition) is 5. The highest BCUT2D eigenvalue weighted by Crippen LogP contribution is 2.32. The fraction of sp³-hybridized carbons (Fsp3) is 0.788. The molecule has 2 unspecified atom stereocenters. The van der Waals surface area contributed by atoms with E-state index >= 15 is 0 Å². The second-order valence-electron chi connectivity index (χ2n) is 12.4. The SMILES string of the molecule is COCCCOc1cc(CC(CC[C@@H](O)CC(C(=O)N[C@H](C)C2CCCCC2)C(C)C)C(C)C)ccc1OC. The summed E-state index contributed by atoms with van der Waals surface area (Å²) in [6.07, 6.45) is 9.68. The van der Waals surface area contributed by atoms with Crippen LogP contribution in [0.4, 0.5) is 0 Å². The second-order valence-corrected chi connectivity index (χ2v) is 12.4. The van der Waals surface area contributed by atoms with Gasteiger partial charge in [0, 0.05) is 32.1 Å². The molecule has 0 aromatic heterocycles. The first kappa shape index (κ1) is 33.4. The molecule has 39 heavy (non-hydrogen) atoms. The molecule has 0 aliphatic heterocycles. The number of carbonyl (C=O) groups is 1. The third kappa shape index (κ3) is 11.7. The van der Waals surface area contributed by atoms with Crippen molar-refractivity contribution in [2.75, 3.05) is 27.4 Å². The summed E-state index contributed by atoms with van der Waals surface area (Å²) in [5, 5.41) is 14.3. The first-order chi connectivity index (χ1) is 18.7. The molecule has 224 valence electrons. The van der Waals surface area contributed by atoms with Crippen molar-refractivity contribution in [3.63, 3.8) is 0 Å². The Kier molecular flexibility index (Phi) is 15.3. The van der Waals surface area contributed by atoms with Crippen LogP contribution >= 0.6 is 0 Å². The summed E-state index contributed by atoms with van der Waals surface area (Å²) in [6.45, 7) is 12.1. The summed E-state index contributed by atoms with van der Waals surface area (Å²) in [6, 6.07) is 6.39. The lowest BCUT2D eigenvalue weighted by atomic mass is 9.82. The van der Waals surface area contributed by atoms with Crippen molar-refractivity contribution >= 4 is 5.91 Å². The summed E-state index contributed by atoms with van der Waals surface area (Å²) >= 11 is 0. The molecule has 4 atom stereocenters. The molecule has 1 aliphatic rings.